The van der Waals surface area contributed by atoms with E-state index in [1.165, 1.54) is 6.92 Å². The van der Waals surface area contributed by atoms with Crippen molar-refractivity contribution in [1.82, 2.24) is 5.32 Å². The monoisotopic (exact) mass is 303 g/mol. The van der Waals surface area contributed by atoms with E-state index in [9.17, 15) is 22.8 Å². The number of amides is 1. The minimum absolute atomic E-state index is 0.128. The van der Waals surface area contributed by atoms with Crippen molar-refractivity contribution in [2.45, 2.75) is 32.7 Å². The van der Waals surface area contributed by atoms with E-state index >= 15 is 0 Å². The standard InChI is InChI=1S/C14H16F3NO3/c1-3-21-14(20)6-10(18-8(2)19)4-9-5-12(16)13(17)7-11(9)15/h5,7,10H,3-4,6H2,1-2H3,(H,18,19). The molecule has 1 atom stereocenters. The minimum atomic E-state index is -1.29. The second-order valence-corrected chi connectivity index (χ2v) is 4.47. The summed E-state index contributed by atoms with van der Waals surface area (Å²) in [6.45, 7) is 3.03. The van der Waals surface area contributed by atoms with Gasteiger partial charge in [-0.2, -0.15) is 0 Å². The molecule has 0 saturated heterocycles. The van der Waals surface area contributed by atoms with E-state index in [0.717, 1.165) is 0 Å². The first-order valence-corrected chi connectivity index (χ1v) is 6.39. The van der Waals surface area contributed by atoms with E-state index < -0.39 is 35.4 Å². The van der Waals surface area contributed by atoms with Gasteiger partial charge in [-0.3, -0.25) is 9.59 Å². The van der Waals surface area contributed by atoms with Gasteiger partial charge < -0.3 is 10.1 Å². The van der Waals surface area contributed by atoms with Gasteiger partial charge in [0.05, 0.1) is 13.0 Å². The number of hydrogen-bond donors (Lipinski definition) is 1. The fourth-order valence-electron chi connectivity index (χ4n) is 1.87. The molecule has 0 heterocycles. The van der Waals surface area contributed by atoms with Crippen LogP contribution >= 0.6 is 0 Å². The molecule has 0 aliphatic carbocycles. The molecule has 1 aromatic rings. The number of carbonyl (C=O) groups is 2. The van der Waals surface area contributed by atoms with Crippen molar-refractivity contribution >= 4 is 11.9 Å². The summed E-state index contributed by atoms with van der Waals surface area (Å²) in [7, 11) is 0. The largest absolute Gasteiger partial charge is 0.466 e. The molecule has 7 heteroatoms. The number of halogens is 3. The van der Waals surface area contributed by atoms with Crippen LogP contribution in [0.3, 0.4) is 0 Å². The van der Waals surface area contributed by atoms with Crippen molar-refractivity contribution in [1.29, 1.82) is 0 Å². The van der Waals surface area contributed by atoms with Gasteiger partial charge in [-0.05, 0) is 25.0 Å². The van der Waals surface area contributed by atoms with Crippen LogP contribution in [0.25, 0.3) is 0 Å². The summed E-state index contributed by atoms with van der Waals surface area (Å²) < 4.78 is 44.3. The van der Waals surface area contributed by atoms with Crippen LogP contribution in [0.2, 0.25) is 0 Å². The Balaban J connectivity index is 2.87. The number of rotatable bonds is 6. The molecule has 0 radical (unpaired) electrons. The molecular weight excluding hydrogens is 287 g/mol. The summed E-state index contributed by atoms with van der Waals surface area (Å²) in [6.07, 6.45) is -0.340. The van der Waals surface area contributed by atoms with Crippen molar-refractivity contribution in [2.75, 3.05) is 6.61 Å². The fraction of sp³-hybridized carbons (Fsp3) is 0.429. The number of ether oxygens (including phenoxy) is 1. The van der Waals surface area contributed by atoms with E-state index in [1.54, 1.807) is 6.92 Å². The lowest BCUT2D eigenvalue weighted by atomic mass is 10.0. The van der Waals surface area contributed by atoms with Crippen molar-refractivity contribution in [3.8, 4) is 0 Å². The Labute approximate surface area is 120 Å². The average Bonchev–Trinajstić information content (AvgIpc) is 2.35. The quantitative estimate of drug-likeness (QED) is 0.647. The third-order valence-electron chi connectivity index (χ3n) is 2.68. The van der Waals surface area contributed by atoms with Gasteiger partial charge >= 0.3 is 5.97 Å². The number of esters is 1. The molecule has 1 rings (SSSR count). The van der Waals surface area contributed by atoms with Gasteiger partial charge in [0.25, 0.3) is 0 Å². The Morgan fingerprint density at radius 2 is 1.81 bits per heavy atom. The van der Waals surface area contributed by atoms with Crippen LogP contribution in [0.5, 0.6) is 0 Å². The van der Waals surface area contributed by atoms with Gasteiger partial charge in [-0.15, -0.1) is 0 Å². The van der Waals surface area contributed by atoms with Gasteiger partial charge in [-0.1, -0.05) is 0 Å². The Morgan fingerprint density at radius 1 is 1.19 bits per heavy atom. The van der Waals surface area contributed by atoms with Gasteiger partial charge in [0.15, 0.2) is 11.6 Å². The lowest BCUT2D eigenvalue weighted by molar-refractivity contribution is -0.143. The second kappa shape index (κ2) is 7.66. The molecule has 1 aromatic carbocycles. The summed E-state index contributed by atoms with van der Waals surface area (Å²) in [4.78, 5) is 22.5. The third kappa shape index (κ3) is 5.45. The molecule has 0 spiro atoms. The van der Waals surface area contributed by atoms with Gasteiger partial charge in [0, 0.05) is 19.0 Å². The Hall–Kier alpha value is -2.05. The molecule has 1 amide bonds. The maximum atomic E-state index is 13.6. The van der Waals surface area contributed by atoms with Crippen LogP contribution in [-0.4, -0.2) is 24.5 Å². The fourth-order valence-corrected chi connectivity index (χ4v) is 1.87. The van der Waals surface area contributed by atoms with Crippen LogP contribution in [0.15, 0.2) is 12.1 Å². The van der Waals surface area contributed by atoms with E-state index in [4.69, 9.17) is 4.74 Å². The Morgan fingerprint density at radius 3 is 2.38 bits per heavy atom. The number of hydrogen-bond acceptors (Lipinski definition) is 3. The molecule has 0 aliphatic rings. The molecule has 4 nitrogen and oxygen atoms in total. The van der Waals surface area contributed by atoms with E-state index in [-0.39, 0.29) is 25.0 Å². The summed E-state index contributed by atoms with van der Waals surface area (Å²) in [5.41, 5.74) is -0.128. The molecule has 0 aromatic heterocycles. The van der Waals surface area contributed by atoms with E-state index in [1.807, 2.05) is 0 Å². The first kappa shape index (κ1) is 17.0. The molecule has 1 unspecified atom stereocenters. The minimum Gasteiger partial charge on any atom is -0.466 e. The number of nitrogens with one attached hydrogen (secondary N) is 1. The van der Waals surface area contributed by atoms with Crippen LogP contribution in [0, 0.1) is 17.5 Å². The Bertz CT molecular complexity index is 534. The first-order chi connectivity index (χ1) is 9.83. The number of carbonyl (C=O) groups excluding carboxylic acids is 2. The lowest BCUT2D eigenvalue weighted by Crippen LogP contribution is -2.37. The molecule has 0 saturated carbocycles. The van der Waals surface area contributed by atoms with Crippen molar-refractivity contribution in [3.05, 3.63) is 35.1 Å². The molecule has 116 valence electrons. The summed E-state index contributed by atoms with van der Waals surface area (Å²) in [5, 5.41) is 2.46. The average molecular weight is 303 g/mol. The highest BCUT2D eigenvalue weighted by Gasteiger charge is 2.19. The highest BCUT2D eigenvalue weighted by molar-refractivity contribution is 5.75. The topological polar surface area (TPSA) is 55.4 Å². The first-order valence-electron chi connectivity index (χ1n) is 6.39. The maximum Gasteiger partial charge on any atom is 0.307 e. The molecule has 0 fully saturated rings. The predicted octanol–water partition coefficient (Wildman–Crippen LogP) is 2.10. The van der Waals surface area contributed by atoms with Crippen LogP contribution < -0.4 is 5.32 Å². The molecular formula is C14H16F3NO3. The smallest absolute Gasteiger partial charge is 0.307 e. The zero-order valence-corrected chi connectivity index (χ0v) is 11.7. The Kier molecular flexibility index (Phi) is 6.20. The van der Waals surface area contributed by atoms with Crippen LogP contribution in [-0.2, 0) is 20.7 Å². The molecule has 0 aliphatic heterocycles. The highest BCUT2D eigenvalue weighted by atomic mass is 19.2. The van der Waals surface area contributed by atoms with Crippen molar-refractivity contribution in [2.24, 2.45) is 0 Å². The molecule has 0 bridgehead atoms. The predicted molar refractivity (Wildman–Crippen MR) is 68.9 cm³/mol. The molecule has 21 heavy (non-hydrogen) atoms. The summed E-state index contributed by atoms with van der Waals surface area (Å²) in [6, 6.07) is 0.380. The third-order valence-corrected chi connectivity index (χ3v) is 2.68. The number of benzene rings is 1. The van der Waals surface area contributed by atoms with Gasteiger partial charge in [-0.25, -0.2) is 13.2 Å². The van der Waals surface area contributed by atoms with Crippen molar-refractivity contribution in [3.63, 3.8) is 0 Å². The SMILES string of the molecule is CCOC(=O)CC(Cc1cc(F)c(F)cc1F)NC(C)=O. The van der Waals surface area contributed by atoms with Gasteiger partial charge in [0.1, 0.15) is 5.82 Å². The summed E-state index contributed by atoms with van der Waals surface area (Å²) >= 11 is 0. The van der Waals surface area contributed by atoms with Crippen molar-refractivity contribution < 1.29 is 27.5 Å². The van der Waals surface area contributed by atoms with E-state index in [0.29, 0.717) is 12.1 Å². The second-order valence-electron chi connectivity index (χ2n) is 4.47. The highest BCUT2D eigenvalue weighted by Crippen LogP contribution is 2.16. The zero-order valence-electron chi connectivity index (χ0n) is 11.7. The lowest BCUT2D eigenvalue weighted by Gasteiger charge is -2.17. The zero-order chi connectivity index (χ0) is 16.0. The maximum absolute atomic E-state index is 13.6. The molecule has 1 N–H and O–H groups in total. The van der Waals surface area contributed by atoms with Crippen LogP contribution in [0.4, 0.5) is 13.2 Å². The van der Waals surface area contributed by atoms with Crippen LogP contribution in [0.1, 0.15) is 25.8 Å². The summed E-state index contributed by atoms with van der Waals surface area (Å²) in [5.74, 6) is -4.42. The normalized spacial score (nSPS) is 11.9. The van der Waals surface area contributed by atoms with Gasteiger partial charge in [0.2, 0.25) is 5.91 Å². The van der Waals surface area contributed by atoms with E-state index in [2.05, 4.69) is 5.32 Å².